The second kappa shape index (κ2) is 39.0. The fourth-order valence-corrected chi connectivity index (χ4v) is 11.0. The summed E-state index contributed by atoms with van der Waals surface area (Å²) in [5.41, 5.74) is 1.24. The molecule has 4 aliphatic rings. The van der Waals surface area contributed by atoms with E-state index in [-0.39, 0.29) is 19.8 Å². The Morgan fingerprint density at radius 3 is 1.32 bits per heavy atom. The predicted octanol–water partition coefficient (Wildman–Crippen LogP) is 4.08. The first-order valence-electron chi connectivity index (χ1n) is 30.5. The highest BCUT2D eigenvalue weighted by Gasteiger charge is 2.61. The molecule has 3 N–H and O–H groups in total. The summed E-state index contributed by atoms with van der Waals surface area (Å²) in [6.45, 7) is 7.45. The fraction of sp³-hybridized carbons (Fsp3) is 0.613. The lowest BCUT2D eigenvalue weighted by molar-refractivity contribution is -0.379. The Kier molecular flexibility index (Phi) is 32.4. The van der Waals surface area contributed by atoms with E-state index in [0.717, 1.165) is 55.4 Å². The summed E-state index contributed by atoms with van der Waals surface area (Å²) in [7, 11) is 0. The summed E-state index contributed by atoms with van der Waals surface area (Å²) < 4.78 is 110. The van der Waals surface area contributed by atoms with Crippen molar-refractivity contribution in [3.05, 3.63) is 84.4 Å². The molecule has 0 radical (unpaired) electrons. The monoisotopic (exact) mass is 1540 g/mol. The van der Waals surface area contributed by atoms with Crippen LogP contribution < -0.4 is 10.6 Å². The number of hydrogen-bond donors (Lipinski definition) is 3. The summed E-state index contributed by atoms with van der Waals surface area (Å²) in [6.07, 6.45) is -34.8. The van der Waals surface area contributed by atoms with Crippen molar-refractivity contribution in [3.63, 3.8) is 0 Å². The average molecular weight is 1540 g/mol. The smallest absolute Gasteiger partial charge is 0.463 e. The van der Waals surface area contributed by atoms with Crippen LogP contribution in [0.5, 0.6) is 0 Å². The minimum Gasteiger partial charge on any atom is -0.463 e. The third-order valence-corrected chi connectivity index (χ3v) is 15.3. The maximum absolute atomic E-state index is 14.1. The molecule has 556 valence electrons. The van der Waals surface area contributed by atoms with E-state index in [1.165, 1.54) is 6.08 Å². The van der Waals surface area contributed by atoms with Gasteiger partial charge in [-0.05, 0) is 11.1 Å². The molecular formula is C62H76Cl6N2O30. The molecule has 0 saturated carbocycles. The number of halogens is 6. The van der Waals surface area contributed by atoms with Gasteiger partial charge in [0.15, 0.2) is 61.8 Å². The lowest BCUT2D eigenvalue weighted by Crippen LogP contribution is -2.71. The Balaban J connectivity index is 1.56. The van der Waals surface area contributed by atoms with Gasteiger partial charge >= 0.3 is 47.9 Å². The van der Waals surface area contributed by atoms with Crippen LogP contribution in [0.25, 0.3) is 0 Å². The van der Waals surface area contributed by atoms with Crippen molar-refractivity contribution < 1.29 is 143 Å². The molecule has 4 aliphatic heterocycles. The molecule has 32 nitrogen and oxygen atoms in total. The van der Waals surface area contributed by atoms with E-state index in [9.17, 15) is 53.1 Å². The average Bonchev–Trinajstić information content (AvgIpc) is 0.765. The summed E-state index contributed by atoms with van der Waals surface area (Å²) in [6, 6.07) is 13.5. The first-order valence-corrected chi connectivity index (χ1v) is 32.8. The van der Waals surface area contributed by atoms with E-state index in [1.54, 1.807) is 60.7 Å². The molecule has 4 heterocycles. The largest absolute Gasteiger partial charge is 0.508 e. The topological polar surface area (TPSA) is 390 Å². The van der Waals surface area contributed by atoms with Crippen LogP contribution in [0.2, 0.25) is 0 Å². The van der Waals surface area contributed by atoms with Gasteiger partial charge < -0.3 is 106 Å². The predicted molar refractivity (Wildman–Crippen MR) is 341 cm³/mol. The highest BCUT2D eigenvalue weighted by atomic mass is 35.6. The minimum atomic E-state index is -2.89. The third kappa shape index (κ3) is 25.7. The van der Waals surface area contributed by atoms with Crippen molar-refractivity contribution >= 4 is 129 Å². The molecule has 0 spiro atoms. The van der Waals surface area contributed by atoms with Gasteiger partial charge in [0, 0.05) is 55.4 Å². The van der Waals surface area contributed by atoms with Gasteiger partial charge in [0.1, 0.15) is 80.7 Å². The molecule has 2 amide bonds. The van der Waals surface area contributed by atoms with Gasteiger partial charge in [0.05, 0.1) is 33.0 Å². The van der Waals surface area contributed by atoms with Crippen LogP contribution in [0.1, 0.15) is 66.5 Å². The standard InChI is InChI=1S/C62H76Cl6N2O30/c1-10-21-84-55-44(69-29(2)71)50(100-60(81)87-28-61(63,64)65)47(40(93-55)25-83-23-38-19-15-12-16-20-38)98-58-54(92-36(9)78)52(49(89-33(6)75)42(96-58)27-86-31(4)73)99-56-43(70-59(80)62(66,67)68)45(79)46(39(94-56)24-82-22-37-17-13-11-14-18-37)97-57-53(91-35(8)77)51(90-34(7)76)48(88-32(5)74)41(95-57)26-85-30(3)72/h10-20,39-58,79H,1,21-28H2,2-9H3,(H,69,71)(H,70,80)/t39-,40-,41-,42-,43-,44-,45-,46-,47-,48+,49+,50-,51+,52+,53-,54-,55-,56+,57+,58+/m1/s1. The number of amides is 2. The molecule has 2 aromatic carbocycles. The van der Waals surface area contributed by atoms with Gasteiger partial charge in [0.2, 0.25) is 9.70 Å². The van der Waals surface area contributed by atoms with Crippen molar-refractivity contribution in [2.75, 3.05) is 39.6 Å². The van der Waals surface area contributed by atoms with E-state index >= 15 is 0 Å². The lowest BCUT2D eigenvalue weighted by Gasteiger charge is -2.51. The van der Waals surface area contributed by atoms with Crippen molar-refractivity contribution in [1.82, 2.24) is 10.6 Å². The molecule has 38 heteroatoms. The number of aliphatic hydroxyl groups excluding tert-OH is 1. The maximum atomic E-state index is 14.1. The van der Waals surface area contributed by atoms with E-state index in [4.69, 9.17) is 160 Å². The Morgan fingerprint density at radius 2 is 0.870 bits per heavy atom. The van der Waals surface area contributed by atoms with Crippen LogP contribution in [0, 0.1) is 0 Å². The van der Waals surface area contributed by atoms with Gasteiger partial charge in [-0.15, -0.1) is 6.58 Å². The van der Waals surface area contributed by atoms with Crippen LogP contribution in [0.3, 0.4) is 0 Å². The Hall–Kier alpha value is -6.02. The Bertz CT molecular complexity index is 3100. The Labute approximate surface area is 603 Å². The van der Waals surface area contributed by atoms with Crippen LogP contribution in [-0.4, -0.2) is 235 Å². The molecule has 0 bridgehead atoms. The quantitative estimate of drug-likeness (QED) is 0.0429. The van der Waals surface area contributed by atoms with Crippen molar-refractivity contribution in [3.8, 4) is 0 Å². The van der Waals surface area contributed by atoms with Crippen molar-refractivity contribution in [2.24, 2.45) is 0 Å². The SMILES string of the molecule is C=CCO[C@@H]1O[C@H](COCc2ccccc2)[C@@H](O[C@@H]2O[C@H](COC(C)=O)[C@H](OC(C)=O)[C@H](O[C@@H]3O[C@H](COCc4ccccc4)[C@@H](O[C@@H]4O[C@H](COC(C)=O)[C@H](OC(C)=O)[C@H](OC(C)=O)[C@H]4OC(C)=O)[C@H](O)[C@H]3NC(=O)C(Cl)(Cl)Cl)[C@H]2OC(C)=O)[C@H](OC(=O)OCC(Cl)(Cl)Cl)[C@H]1NC(C)=O. The molecular weight excluding hydrogens is 1470 g/mol. The summed E-state index contributed by atoms with van der Waals surface area (Å²) in [5.74, 6) is -9.33. The molecule has 20 atom stereocenters. The van der Waals surface area contributed by atoms with Crippen LogP contribution in [0.15, 0.2) is 73.3 Å². The van der Waals surface area contributed by atoms with Crippen molar-refractivity contribution in [1.29, 1.82) is 0 Å². The highest BCUT2D eigenvalue weighted by Crippen LogP contribution is 2.40. The molecule has 100 heavy (non-hydrogen) atoms. The number of aliphatic hydroxyl groups is 1. The third-order valence-electron chi connectivity index (χ3n) is 14.5. The van der Waals surface area contributed by atoms with Crippen LogP contribution >= 0.6 is 69.6 Å². The van der Waals surface area contributed by atoms with Crippen LogP contribution in [-0.2, 0) is 146 Å². The summed E-state index contributed by atoms with van der Waals surface area (Å²) >= 11 is 36.4. The molecule has 6 rings (SSSR count). The summed E-state index contributed by atoms with van der Waals surface area (Å²) in [4.78, 5) is 132. The zero-order valence-corrected chi connectivity index (χ0v) is 59.4. The van der Waals surface area contributed by atoms with Gasteiger partial charge in [-0.25, -0.2) is 4.79 Å². The number of benzene rings is 2. The molecule has 4 saturated heterocycles. The van der Waals surface area contributed by atoms with Gasteiger partial charge in [0.25, 0.3) is 9.70 Å². The molecule has 0 unspecified atom stereocenters. The van der Waals surface area contributed by atoms with E-state index in [2.05, 4.69) is 17.2 Å². The number of rotatable bonds is 30. The molecule has 0 aromatic heterocycles. The van der Waals surface area contributed by atoms with Gasteiger partial charge in [-0.1, -0.05) is 136 Å². The fourth-order valence-electron chi connectivity index (χ4n) is 10.7. The molecule has 4 fully saturated rings. The van der Waals surface area contributed by atoms with E-state index < -0.39 is 223 Å². The molecule has 2 aromatic rings. The zero-order valence-electron chi connectivity index (χ0n) is 54.8. The van der Waals surface area contributed by atoms with Gasteiger partial charge in [-0.2, -0.15) is 0 Å². The summed E-state index contributed by atoms with van der Waals surface area (Å²) in [5, 5.41) is 18.0. The Morgan fingerprint density at radius 1 is 0.460 bits per heavy atom. The number of hydrogen-bond acceptors (Lipinski definition) is 30. The normalized spacial score (nSPS) is 29.8. The first-order chi connectivity index (χ1) is 47.1. The second-order valence-corrected chi connectivity index (χ2v) is 27.3. The van der Waals surface area contributed by atoms with E-state index in [1.807, 2.05) is 0 Å². The van der Waals surface area contributed by atoms with Crippen molar-refractivity contribution in [2.45, 2.75) is 199 Å². The number of ether oxygens (including phenoxy) is 19. The number of esters is 7. The second-order valence-electron chi connectivity index (χ2n) is 22.5. The lowest BCUT2D eigenvalue weighted by atomic mass is 9.93. The number of alkyl halides is 6. The zero-order chi connectivity index (χ0) is 73.8. The maximum Gasteiger partial charge on any atom is 0.508 e. The molecule has 0 aliphatic carbocycles. The van der Waals surface area contributed by atoms with E-state index in [0.29, 0.717) is 11.1 Å². The minimum absolute atomic E-state index is 0.0895. The number of carbonyl (C=O) groups is 10. The first kappa shape index (κ1) is 82.9. The highest BCUT2D eigenvalue weighted by molar-refractivity contribution is 6.76. The van der Waals surface area contributed by atoms with Crippen LogP contribution in [0.4, 0.5) is 4.79 Å². The number of nitrogens with one attached hydrogen (secondary N) is 2. The number of carbonyl (C=O) groups excluding carboxylic acids is 10. The van der Waals surface area contributed by atoms with Gasteiger partial charge in [-0.3, -0.25) is 43.2 Å².